The quantitative estimate of drug-likeness (QED) is 0.495. The smallest absolute Gasteiger partial charge is 0.372 e. The fourth-order valence-corrected chi connectivity index (χ4v) is 2.44. The van der Waals surface area contributed by atoms with Gasteiger partial charge in [-0.05, 0) is 37.8 Å². The minimum atomic E-state index is -1.59. The van der Waals surface area contributed by atoms with Crippen LogP contribution in [0, 0.1) is 0 Å². The lowest BCUT2D eigenvalue weighted by atomic mass is 9.98. The number of carbonyl (C=O) groups is 3. The fraction of sp³-hybridized carbons (Fsp3) is 0.438. The number of carboxylic acid groups (broad SMARTS) is 1. The Morgan fingerprint density at radius 3 is 2.52 bits per heavy atom. The maximum atomic E-state index is 11.9. The summed E-state index contributed by atoms with van der Waals surface area (Å²) in [6.45, 7) is 0. The van der Waals surface area contributed by atoms with Gasteiger partial charge in [0.25, 0.3) is 0 Å². The van der Waals surface area contributed by atoms with Crippen LogP contribution >= 0.6 is 0 Å². The molecule has 1 aliphatic rings. The summed E-state index contributed by atoms with van der Waals surface area (Å²) in [6, 6.07) is 6.58. The number of hydrogen-bond acceptors (Lipinski definition) is 4. The summed E-state index contributed by atoms with van der Waals surface area (Å²) >= 11 is 0. The Hall–Kier alpha value is -2.17. The van der Waals surface area contributed by atoms with Crippen LogP contribution in [0.25, 0.3) is 0 Å². The Morgan fingerprint density at radius 1 is 1.14 bits per heavy atom. The van der Waals surface area contributed by atoms with E-state index in [9.17, 15) is 14.4 Å². The standard InChI is InChI=1S/C16H18O5/c17-14(10-15(18)16(19)20)11-5-4-8-13(9-11)21-12-6-2-1-3-7-12/h4-5,8-9,12H,1-3,6-7,10H2,(H,19,20). The third-order valence-electron chi connectivity index (χ3n) is 3.57. The van der Waals surface area contributed by atoms with E-state index >= 15 is 0 Å². The highest BCUT2D eigenvalue weighted by molar-refractivity contribution is 6.37. The molecule has 0 aliphatic heterocycles. The van der Waals surface area contributed by atoms with Crippen molar-refractivity contribution in [1.82, 2.24) is 0 Å². The number of ether oxygens (including phenoxy) is 1. The van der Waals surface area contributed by atoms with E-state index in [0.29, 0.717) is 11.3 Å². The number of ketones is 2. The Kier molecular flexibility index (Phi) is 5.09. The predicted octanol–water partition coefficient (Wildman–Crippen LogP) is 2.62. The molecule has 1 saturated carbocycles. The second-order valence-electron chi connectivity index (χ2n) is 5.23. The molecular formula is C16H18O5. The molecule has 2 rings (SSSR count). The van der Waals surface area contributed by atoms with Gasteiger partial charge in [0.15, 0.2) is 5.78 Å². The van der Waals surface area contributed by atoms with Crippen molar-refractivity contribution in [3.63, 3.8) is 0 Å². The summed E-state index contributed by atoms with van der Waals surface area (Å²) < 4.78 is 5.85. The van der Waals surface area contributed by atoms with Crippen LogP contribution < -0.4 is 4.74 Å². The minimum Gasteiger partial charge on any atom is -0.490 e. The first-order valence-electron chi connectivity index (χ1n) is 7.12. The number of Topliss-reactive ketones (excluding diaryl/α,β-unsaturated/α-hetero) is 2. The van der Waals surface area contributed by atoms with E-state index in [1.54, 1.807) is 24.3 Å². The third-order valence-corrected chi connectivity index (χ3v) is 3.57. The molecule has 1 aliphatic carbocycles. The van der Waals surface area contributed by atoms with E-state index in [1.165, 1.54) is 6.42 Å². The average molecular weight is 290 g/mol. The van der Waals surface area contributed by atoms with Gasteiger partial charge < -0.3 is 9.84 Å². The first-order valence-corrected chi connectivity index (χ1v) is 7.12. The molecule has 5 heteroatoms. The molecule has 1 aromatic carbocycles. The van der Waals surface area contributed by atoms with Gasteiger partial charge in [-0.15, -0.1) is 0 Å². The number of rotatable bonds is 6. The third kappa shape index (κ3) is 4.41. The van der Waals surface area contributed by atoms with Crippen molar-refractivity contribution in [2.75, 3.05) is 0 Å². The summed E-state index contributed by atoms with van der Waals surface area (Å²) in [5.74, 6) is -2.59. The van der Waals surface area contributed by atoms with Crippen molar-refractivity contribution in [3.05, 3.63) is 29.8 Å². The van der Waals surface area contributed by atoms with Gasteiger partial charge in [-0.1, -0.05) is 18.6 Å². The van der Waals surface area contributed by atoms with Gasteiger partial charge in [-0.3, -0.25) is 9.59 Å². The van der Waals surface area contributed by atoms with Gasteiger partial charge in [0.2, 0.25) is 5.78 Å². The summed E-state index contributed by atoms with van der Waals surface area (Å²) in [5.41, 5.74) is 0.304. The van der Waals surface area contributed by atoms with Gasteiger partial charge in [0.05, 0.1) is 12.5 Å². The highest BCUT2D eigenvalue weighted by Gasteiger charge is 2.19. The van der Waals surface area contributed by atoms with Gasteiger partial charge in [0, 0.05) is 5.56 Å². The van der Waals surface area contributed by atoms with Crippen LogP contribution in [0.5, 0.6) is 5.75 Å². The average Bonchev–Trinajstić information content (AvgIpc) is 2.48. The van der Waals surface area contributed by atoms with Crippen molar-refractivity contribution < 1.29 is 24.2 Å². The topological polar surface area (TPSA) is 80.7 Å². The van der Waals surface area contributed by atoms with Crippen molar-refractivity contribution in [3.8, 4) is 5.75 Å². The molecule has 5 nitrogen and oxygen atoms in total. The van der Waals surface area contributed by atoms with E-state index in [4.69, 9.17) is 9.84 Å². The summed E-state index contributed by atoms with van der Waals surface area (Å²) in [6.07, 6.45) is 5.10. The lowest BCUT2D eigenvalue weighted by Crippen LogP contribution is -2.20. The Balaban J connectivity index is 2.01. The van der Waals surface area contributed by atoms with Crippen LogP contribution in [-0.4, -0.2) is 28.7 Å². The van der Waals surface area contributed by atoms with Crippen LogP contribution in [0.15, 0.2) is 24.3 Å². The molecule has 0 aromatic heterocycles. The molecule has 1 fully saturated rings. The molecule has 0 amide bonds. The van der Waals surface area contributed by atoms with Crippen molar-refractivity contribution >= 4 is 17.5 Å². The zero-order valence-corrected chi connectivity index (χ0v) is 11.7. The molecule has 0 unspecified atom stereocenters. The SMILES string of the molecule is O=C(O)C(=O)CC(=O)c1cccc(OC2CCCCC2)c1. The number of carboxylic acids is 1. The Labute approximate surface area is 122 Å². The van der Waals surface area contributed by atoms with Crippen LogP contribution in [0.4, 0.5) is 0 Å². The van der Waals surface area contributed by atoms with Gasteiger partial charge in [-0.25, -0.2) is 4.79 Å². The Morgan fingerprint density at radius 2 is 1.86 bits per heavy atom. The molecule has 0 heterocycles. The highest BCUT2D eigenvalue weighted by atomic mass is 16.5. The van der Waals surface area contributed by atoms with Crippen LogP contribution in [0.1, 0.15) is 48.9 Å². The van der Waals surface area contributed by atoms with Crippen LogP contribution in [-0.2, 0) is 9.59 Å². The van der Waals surface area contributed by atoms with Crippen molar-refractivity contribution in [2.45, 2.75) is 44.6 Å². The van der Waals surface area contributed by atoms with E-state index in [2.05, 4.69) is 0 Å². The lowest BCUT2D eigenvalue weighted by Gasteiger charge is -2.23. The van der Waals surface area contributed by atoms with Gasteiger partial charge in [-0.2, -0.15) is 0 Å². The molecule has 0 atom stereocenters. The minimum absolute atomic E-state index is 0.171. The van der Waals surface area contributed by atoms with E-state index < -0.39 is 24.0 Å². The molecule has 21 heavy (non-hydrogen) atoms. The molecule has 112 valence electrons. The van der Waals surface area contributed by atoms with Crippen LogP contribution in [0.3, 0.4) is 0 Å². The number of hydrogen-bond donors (Lipinski definition) is 1. The predicted molar refractivity (Wildman–Crippen MR) is 75.5 cm³/mol. The lowest BCUT2D eigenvalue weighted by molar-refractivity contribution is -0.148. The highest BCUT2D eigenvalue weighted by Crippen LogP contribution is 2.24. The normalized spacial score (nSPS) is 15.4. The molecule has 0 saturated heterocycles. The monoisotopic (exact) mass is 290 g/mol. The van der Waals surface area contributed by atoms with E-state index in [0.717, 1.165) is 25.7 Å². The maximum absolute atomic E-state index is 11.9. The first-order chi connectivity index (χ1) is 10.1. The number of carbonyl (C=O) groups excluding carboxylic acids is 2. The zero-order chi connectivity index (χ0) is 15.2. The molecule has 0 spiro atoms. The zero-order valence-electron chi connectivity index (χ0n) is 11.7. The van der Waals surface area contributed by atoms with Gasteiger partial charge in [0.1, 0.15) is 5.75 Å². The fourth-order valence-electron chi connectivity index (χ4n) is 2.44. The van der Waals surface area contributed by atoms with Gasteiger partial charge >= 0.3 is 5.97 Å². The second-order valence-corrected chi connectivity index (χ2v) is 5.23. The maximum Gasteiger partial charge on any atom is 0.372 e. The molecule has 0 radical (unpaired) electrons. The Bertz CT molecular complexity index is 543. The second kappa shape index (κ2) is 7.02. The number of benzene rings is 1. The molecule has 0 bridgehead atoms. The van der Waals surface area contributed by atoms with Crippen molar-refractivity contribution in [2.24, 2.45) is 0 Å². The number of aliphatic carboxylic acids is 1. The largest absolute Gasteiger partial charge is 0.490 e. The summed E-state index contributed by atoms with van der Waals surface area (Å²) in [5, 5.41) is 8.52. The molecule has 1 aromatic rings. The molecule has 1 N–H and O–H groups in total. The first kappa shape index (κ1) is 15.2. The van der Waals surface area contributed by atoms with Crippen LogP contribution in [0.2, 0.25) is 0 Å². The molecular weight excluding hydrogens is 272 g/mol. The van der Waals surface area contributed by atoms with Crippen molar-refractivity contribution in [1.29, 1.82) is 0 Å². The van der Waals surface area contributed by atoms with E-state index in [-0.39, 0.29) is 6.10 Å². The van der Waals surface area contributed by atoms with E-state index in [1.807, 2.05) is 0 Å². The summed E-state index contributed by atoms with van der Waals surface area (Å²) in [4.78, 5) is 33.4. The summed E-state index contributed by atoms with van der Waals surface area (Å²) in [7, 11) is 0.